The van der Waals surface area contributed by atoms with Crippen LogP contribution in [0, 0.1) is 0 Å². The largest absolute Gasteiger partial charge is 0.507 e. The molecule has 1 fully saturated rings. The van der Waals surface area contributed by atoms with Crippen LogP contribution in [0.3, 0.4) is 0 Å². The molecule has 2 aromatic rings. The fourth-order valence-electron chi connectivity index (χ4n) is 3.00. The van der Waals surface area contributed by atoms with Crippen molar-refractivity contribution in [2.24, 2.45) is 0 Å². The van der Waals surface area contributed by atoms with Crippen LogP contribution in [0.1, 0.15) is 11.1 Å². The van der Waals surface area contributed by atoms with E-state index in [1.807, 2.05) is 0 Å². The van der Waals surface area contributed by atoms with Gasteiger partial charge in [-0.2, -0.15) is 0 Å². The molecule has 7 nitrogen and oxygen atoms in total. The zero-order chi connectivity index (χ0) is 22.0. The molecule has 0 aromatic heterocycles. The van der Waals surface area contributed by atoms with Gasteiger partial charge in [-0.05, 0) is 49.0 Å². The van der Waals surface area contributed by atoms with Crippen molar-refractivity contribution in [1.29, 1.82) is 0 Å². The Balaban J connectivity index is 2.14. The number of amides is 2. The van der Waals surface area contributed by atoms with E-state index in [9.17, 15) is 19.8 Å². The maximum Gasteiger partial charge on any atom is 0.270 e. The molecule has 30 heavy (non-hydrogen) atoms. The third-order valence-electron chi connectivity index (χ3n) is 4.43. The van der Waals surface area contributed by atoms with E-state index in [1.165, 1.54) is 25.3 Å². The molecule has 0 spiro atoms. The summed E-state index contributed by atoms with van der Waals surface area (Å²) in [6, 6.07) is 7.54. The minimum absolute atomic E-state index is 0.0508. The summed E-state index contributed by atoms with van der Waals surface area (Å²) in [5, 5.41) is 23.7. The van der Waals surface area contributed by atoms with Crippen molar-refractivity contribution in [2.45, 2.75) is 6.42 Å². The highest BCUT2D eigenvalue weighted by molar-refractivity contribution is 7.80. The number of thiocarbonyl (C=S) groups is 1. The number of hydrogen-bond acceptors (Lipinski definition) is 6. The lowest BCUT2D eigenvalue weighted by atomic mass is 9.97. The van der Waals surface area contributed by atoms with E-state index >= 15 is 0 Å². The molecule has 0 bridgehead atoms. The third kappa shape index (κ3) is 3.87. The number of nitrogens with one attached hydrogen (secondary N) is 1. The van der Waals surface area contributed by atoms with Gasteiger partial charge >= 0.3 is 0 Å². The highest BCUT2D eigenvalue weighted by Crippen LogP contribution is 2.40. The van der Waals surface area contributed by atoms with Gasteiger partial charge in [0.05, 0.1) is 12.8 Å². The fraction of sp³-hybridized carbons (Fsp3) is 0.0952. The Bertz CT molecular complexity index is 1100. The molecule has 1 saturated heterocycles. The predicted molar refractivity (Wildman–Crippen MR) is 118 cm³/mol. The van der Waals surface area contributed by atoms with Crippen LogP contribution in [0.15, 0.2) is 48.6 Å². The van der Waals surface area contributed by atoms with Crippen molar-refractivity contribution in [3.05, 3.63) is 64.7 Å². The summed E-state index contributed by atoms with van der Waals surface area (Å²) in [5.41, 5.74) is 0.480. The molecule has 2 amide bonds. The SMILES string of the molecule is C=CCc1c(O)c(OC)cc(O)c1/C=C1/C(=O)NC(=S)N(c2ccc(Cl)cc2)C1=O. The first-order valence-corrected chi connectivity index (χ1v) is 9.46. The molecule has 2 aromatic carbocycles. The molecule has 9 heteroatoms. The number of ether oxygens (including phenoxy) is 1. The number of anilines is 1. The molecule has 3 rings (SSSR count). The molecule has 1 aliphatic rings. The predicted octanol–water partition coefficient (Wildman–Crippen LogP) is 3.32. The Kier molecular flexibility index (Phi) is 6.09. The number of allylic oxidation sites excluding steroid dienone is 1. The summed E-state index contributed by atoms with van der Waals surface area (Å²) in [6.45, 7) is 3.63. The number of nitrogens with zero attached hydrogens (tertiary/aromatic N) is 1. The number of carbonyl (C=O) groups excluding carboxylic acids is 2. The fourth-order valence-corrected chi connectivity index (χ4v) is 3.40. The molecule has 0 atom stereocenters. The molecular weight excluding hydrogens is 428 g/mol. The molecule has 0 radical (unpaired) electrons. The molecule has 1 heterocycles. The Labute approximate surface area is 182 Å². The molecule has 154 valence electrons. The highest BCUT2D eigenvalue weighted by atomic mass is 35.5. The average molecular weight is 445 g/mol. The Hall–Kier alpha value is -3.36. The van der Waals surface area contributed by atoms with Crippen molar-refractivity contribution in [1.82, 2.24) is 5.32 Å². The van der Waals surface area contributed by atoms with E-state index in [0.29, 0.717) is 10.7 Å². The van der Waals surface area contributed by atoms with Gasteiger partial charge in [0.2, 0.25) is 0 Å². The molecule has 0 saturated carbocycles. The van der Waals surface area contributed by atoms with Crippen LogP contribution in [0.25, 0.3) is 6.08 Å². The van der Waals surface area contributed by atoms with Crippen molar-refractivity contribution >= 4 is 52.5 Å². The van der Waals surface area contributed by atoms with Crippen LogP contribution in [0.5, 0.6) is 17.2 Å². The van der Waals surface area contributed by atoms with E-state index in [2.05, 4.69) is 11.9 Å². The van der Waals surface area contributed by atoms with Crippen LogP contribution in [-0.2, 0) is 16.0 Å². The van der Waals surface area contributed by atoms with Gasteiger partial charge in [0, 0.05) is 22.2 Å². The highest BCUT2D eigenvalue weighted by Gasteiger charge is 2.35. The quantitative estimate of drug-likeness (QED) is 0.215. The van der Waals surface area contributed by atoms with E-state index in [4.69, 9.17) is 28.6 Å². The summed E-state index contributed by atoms with van der Waals surface area (Å²) in [5.74, 6) is -1.87. The van der Waals surface area contributed by atoms with Gasteiger partial charge in [0.1, 0.15) is 11.3 Å². The summed E-state index contributed by atoms with van der Waals surface area (Å²) >= 11 is 11.1. The molecule has 3 N–H and O–H groups in total. The van der Waals surface area contributed by atoms with Crippen molar-refractivity contribution in [3.8, 4) is 17.2 Å². The summed E-state index contributed by atoms with van der Waals surface area (Å²) in [7, 11) is 1.34. The molecular formula is C21H17ClN2O5S. The van der Waals surface area contributed by atoms with Crippen LogP contribution in [0.2, 0.25) is 5.02 Å². The van der Waals surface area contributed by atoms with Gasteiger partial charge in [0.15, 0.2) is 16.6 Å². The van der Waals surface area contributed by atoms with Crippen LogP contribution in [0.4, 0.5) is 5.69 Å². The lowest BCUT2D eigenvalue weighted by Gasteiger charge is -2.29. The standard InChI is InChI=1S/C21H17ClN2O5S/c1-3-4-13-14(16(25)10-17(29-2)18(13)26)9-15-19(27)23-21(30)24(20(15)28)12-7-5-11(22)6-8-12/h3,5-10,25-26H,1,4H2,2H3,(H,23,27,30)/b15-9-. The number of phenolic OH excluding ortho intramolecular Hbond substituents is 2. The second kappa shape index (κ2) is 8.56. The third-order valence-corrected chi connectivity index (χ3v) is 4.97. The lowest BCUT2D eigenvalue weighted by molar-refractivity contribution is -0.122. The van der Waals surface area contributed by atoms with E-state index in [-0.39, 0.29) is 45.5 Å². The molecule has 0 unspecified atom stereocenters. The van der Waals surface area contributed by atoms with Crippen LogP contribution < -0.4 is 15.0 Å². The van der Waals surface area contributed by atoms with Gasteiger partial charge < -0.3 is 14.9 Å². The summed E-state index contributed by atoms with van der Waals surface area (Å²) in [6.07, 6.45) is 2.87. The van der Waals surface area contributed by atoms with Crippen molar-refractivity contribution in [2.75, 3.05) is 12.0 Å². The number of aromatic hydroxyl groups is 2. The van der Waals surface area contributed by atoms with E-state index in [1.54, 1.807) is 24.3 Å². The molecule has 0 aliphatic carbocycles. The topological polar surface area (TPSA) is 99.1 Å². The first kappa shape index (κ1) is 21.4. The Morgan fingerprint density at radius 1 is 1.27 bits per heavy atom. The average Bonchev–Trinajstić information content (AvgIpc) is 2.70. The normalized spacial score (nSPS) is 15.3. The van der Waals surface area contributed by atoms with Crippen LogP contribution >= 0.6 is 23.8 Å². The number of phenols is 2. The molecule has 1 aliphatic heterocycles. The number of methoxy groups -OCH3 is 1. The summed E-state index contributed by atoms with van der Waals surface area (Å²) in [4.78, 5) is 26.8. The van der Waals surface area contributed by atoms with Crippen LogP contribution in [-0.4, -0.2) is 34.2 Å². The van der Waals surface area contributed by atoms with E-state index < -0.39 is 11.8 Å². The lowest BCUT2D eigenvalue weighted by Crippen LogP contribution is -2.54. The van der Waals surface area contributed by atoms with Gasteiger partial charge in [0.25, 0.3) is 11.8 Å². The monoisotopic (exact) mass is 444 g/mol. The first-order valence-electron chi connectivity index (χ1n) is 8.68. The van der Waals surface area contributed by atoms with Crippen molar-refractivity contribution in [3.63, 3.8) is 0 Å². The zero-order valence-corrected chi connectivity index (χ0v) is 17.4. The number of hydrogen-bond donors (Lipinski definition) is 3. The number of carbonyl (C=O) groups is 2. The van der Waals surface area contributed by atoms with E-state index in [0.717, 1.165) is 4.90 Å². The van der Waals surface area contributed by atoms with Gasteiger partial charge in [-0.1, -0.05) is 17.7 Å². The second-order valence-corrected chi connectivity index (χ2v) is 7.09. The minimum Gasteiger partial charge on any atom is -0.507 e. The second-order valence-electron chi connectivity index (χ2n) is 6.27. The number of halogens is 1. The Morgan fingerprint density at radius 3 is 2.53 bits per heavy atom. The minimum atomic E-state index is -0.727. The Morgan fingerprint density at radius 2 is 1.93 bits per heavy atom. The zero-order valence-electron chi connectivity index (χ0n) is 15.8. The number of rotatable bonds is 5. The van der Waals surface area contributed by atoms with Gasteiger partial charge in [-0.3, -0.25) is 19.8 Å². The maximum atomic E-state index is 13.1. The first-order chi connectivity index (χ1) is 14.3. The summed E-state index contributed by atoms with van der Waals surface area (Å²) < 4.78 is 5.05. The smallest absolute Gasteiger partial charge is 0.270 e. The maximum absolute atomic E-state index is 13.1. The van der Waals surface area contributed by atoms with Crippen molar-refractivity contribution < 1.29 is 24.5 Å². The van der Waals surface area contributed by atoms with Gasteiger partial charge in [-0.25, -0.2) is 0 Å². The van der Waals surface area contributed by atoms with Gasteiger partial charge in [-0.15, -0.1) is 6.58 Å². The number of benzene rings is 2.